The van der Waals surface area contributed by atoms with Crippen molar-refractivity contribution in [2.45, 2.75) is 63.7 Å². The fraction of sp³-hybridized carbons (Fsp3) is 0.588. The fourth-order valence-corrected chi connectivity index (χ4v) is 2.56. The molecule has 122 valence electrons. The lowest BCUT2D eigenvalue weighted by Crippen LogP contribution is -2.31. The molecular weight excluding hydrogens is 277 g/mol. The van der Waals surface area contributed by atoms with Crippen molar-refractivity contribution in [3.63, 3.8) is 0 Å². The van der Waals surface area contributed by atoms with Gasteiger partial charge in [-0.05, 0) is 30.6 Å². The maximum absolute atomic E-state index is 12.0. The Kier molecular flexibility index (Phi) is 9.05. The topological polar surface area (TPSA) is 83.6 Å². The van der Waals surface area contributed by atoms with Gasteiger partial charge in [0.05, 0.1) is 6.04 Å². The van der Waals surface area contributed by atoms with E-state index in [0.29, 0.717) is 19.3 Å². The molecule has 0 radical (unpaired) electrons. The van der Waals surface area contributed by atoms with Crippen LogP contribution < -0.4 is 5.73 Å². The van der Waals surface area contributed by atoms with Crippen LogP contribution in [0.4, 0.5) is 0 Å². The Morgan fingerprint density at radius 3 is 2.45 bits per heavy atom. The average molecular weight is 305 g/mol. The van der Waals surface area contributed by atoms with Crippen LogP contribution in [0.2, 0.25) is 5.82 Å². The molecule has 1 aromatic rings. The predicted octanol–water partition coefficient (Wildman–Crippen LogP) is 2.33. The summed E-state index contributed by atoms with van der Waals surface area (Å²) in [6, 6.07) is 9.25. The molecule has 0 unspecified atom stereocenters. The van der Waals surface area contributed by atoms with Crippen LogP contribution in [0.5, 0.6) is 0 Å². The Labute approximate surface area is 133 Å². The van der Waals surface area contributed by atoms with E-state index in [1.54, 1.807) is 0 Å². The van der Waals surface area contributed by atoms with Crippen LogP contribution in [0.25, 0.3) is 0 Å². The number of rotatable bonds is 11. The summed E-state index contributed by atoms with van der Waals surface area (Å²) in [5, 5.41) is 19.0. The first-order valence-corrected chi connectivity index (χ1v) is 8.23. The second-order valence-corrected chi connectivity index (χ2v) is 5.97. The largest absolute Gasteiger partial charge is 0.455 e. The molecule has 0 amide bonds. The molecule has 1 rings (SSSR count). The van der Waals surface area contributed by atoms with E-state index < -0.39 is 13.2 Å². The van der Waals surface area contributed by atoms with Crippen LogP contribution in [0.3, 0.4) is 0 Å². The van der Waals surface area contributed by atoms with Gasteiger partial charge >= 0.3 is 7.12 Å². The first-order valence-electron chi connectivity index (χ1n) is 8.23. The molecular formula is C17H28BNO3. The quantitative estimate of drug-likeness (QED) is 0.433. The van der Waals surface area contributed by atoms with Crippen molar-refractivity contribution < 1.29 is 14.8 Å². The molecule has 0 aliphatic rings. The van der Waals surface area contributed by atoms with E-state index in [1.165, 1.54) is 0 Å². The lowest BCUT2D eigenvalue weighted by Gasteiger charge is -2.17. The average Bonchev–Trinajstić information content (AvgIpc) is 2.51. The first kappa shape index (κ1) is 18.9. The van der Waals surface area contributed by atoms with E-state index in [1.807, 2.05) is 30.3 Å². The minimum Gasteiger partial charge on any atom is -0.427 e. The standard InChI is InChI=1S/C17H28BNO3/c1-2-3-5-10-16(19)17(20)12-11-15(18(21)22)13-14-8-6-4-7-9-14/h4,6-9,15-16,21-22H,2-3,5,10-13,19H2,1H3/t15-,16+/m0/s1. The third-order valence-corrected chi connectivity index (χ3v) is 4.06. The number of benzene rings is 1. The van der Waals surface area contributed by atoms with Gasteiger partial charge in [0.1, 0.15) is 5.78 Å². The second kappa shape index (κ2) is 10.5. The van der Waals surface area contributed by atoms with E-state index in [2.05, 4.69) is 6.92 Å². The zero-order valence-electron chi connectivity index (χ0n) is 13.4. The minimum atomic E-state index is -1.41. The van der Waals surface area contributed by atoms with Gasteiger partial charge < -0.3 is 15.8 Å². The summed E-state index contributed by atoms with van der Waals surface area (Å²) in [7, 11) is -1.41. The van der Waals surface area contributed by atoms with Crippen LogP contribution in [0.1, 0.15) is 51.0 Å². The minimum absolute atomic E-state index is 0.0230. The highest BCUT2D eigenvalue weighted by Gasteiger charge is 2.25. The van der Waals surface area contributed by atoms with Crippen LogP contribution in [-0.2, 0) is 11.2 Å². The second-order valence-electron chi connectivity index (χ2n) is 5.97. The molecule has 0 spiro atoms. The van der Waals surface area contributed by atoms with Crippen molar-refractivity contribution in [2.75, 3.05) is 0 Å². The number of Topliss-reactive ketones (excluding diaryl/α,β-unsaturated/α-hetero) is 1. The normalized spacial score (nSPS) is 13.6. The van der Waals surface area contributed by atoms with Gasteiger partial charge in [-0.2, -0.15) is 0 Å². The predicted molar refractivity (Wildman–Crippen MR) is 90.4 cm³/mol. The maximum Gasteiger partial charge on any atom is 0.455 e. The Morgan fingerprint density at radius 2 is 1.86 bits per heavy atom. The Balaban J connectivity index is 2.42. The van der Waals surface area contributed by atoms with Gasteiger partial charge in [-0.3, -0.25) is 4.79 Å². The molecule has 1 aromatic carbocycles. The number of nitrogens with two attached hydrogens (primary N) is 1. The molecule has 0 aromatic heterocycles. The van der Waals surface area contributed by atoms with Crippen LogP contribution in [0.15, 0.2) is 30.3 Å². The van der Waals surface area contributed by atoms with Gasteiger partial charge in [0.2, 0.25) is 0 Å². The Hall–Kier alpha value is -1.17. The van der Waals surface area contributed by atoms with Crippen LogP contribution in [0, 0.1) is 0 Å². The summed E-state index contributed by atoms with van der Waals surface area (Å²) in [6.45, 7) is 2.12. The van der Waals surface area contributed by atoms with Crippen molar-refractivity contribution in [1.82, 2.24) is 0 Å². The zero-order chi connectivity index (χ0) is 16.4. The zero-order valence-corrected chi connectivity index (χ0v) is 13.4. The summed E-state index contributed by atoms with van der Waals surface area (Å²) in [5.74, 6) is -0.316. The molecule has 0 saturated carbocycles. The van der Waals surface area contributed by atoms with Crippen molar-refractivity contribution in [1.29, 1.82) is 0 Å². The summed E-state index contributed by atoms with van der Waals surface area (Å²) < 4.78 is 0. The fourth-order valence-electron chi connectivity index (χ4n) is 2.56. The molecule has 0 fully saturated rings. The SMILES string of the molecule is CCCCC[C@@H](N)C(=O)CC[C@@H](Cc1ccccc1)B(O)O. The number of ketones is 1. The van der Waals surface area contributed by atoms with Gasteiger partial charge in [0.25, 0.3) is 0 Å². The molecule has 2 atom stereocenters. The number of unbranched alkanes of at least 4 members (excludes halogenated alkanes) is 2. The highest BCUT2D eigenvalue weighted by atomic mass is 16.4. The number of carbonyl (C=O) groups is 1. The molecule has 4 nitrogen and oxygen atoms in total. The third kappa shape index (κ3) is 7.21. The number of hydrogen-bond acceptors (Lipinski definition) is 4. The van der Waals surface area contributed by atoms with E-state index in [4.69, 9.17) is 5.73 Å². The van der Waals surface area contributed by atoms with E-state index in [9.17, 15) is 14.8 Å². The van der Waals surface area contributed by atoms with Crippen LogP contribution >= 0.6 is 0 Å². The summed E-state index contributed by atoms with van der Waals surface area (Å²) >= 11 is 0. The van der Waals surface area contributed by atoms with Crippen molar-refractivity contribution in [3.05, 3.63) is 35.9 Å². The lowest BCUT2D eigenvalue weighted by atomic mass is 9.67. The van der Waals surface area contributed by atoms with Gasteiger partial charge in [0, 0.05) is 6.42 Å². The summed E-state index contributed by atoms with van der Waals surface area (Å²) in [5.41, 5.74) is 6.94. The van der Waals surface area contributed by atoms with Gasteiger partial charge in [-0.25, -0.2) is 0 Å². The van der Waals surface area contributed by atoms with Crippen molar-refractivity contribution in [2.24, 2.45) is 5.73 Å². The lowest BCUT2D eigenvalue weighted by molar-refractivity contribution is -0.120. The summed E-state index contributed by atoms with van der Waals surface area (Å²) in [6.07, 6.45) is 5.20. The molecule has 0 heterocycles. The molecule has 0 saturated heterocycles. The molecule has 22 heavy (non-hydrogen) atoms. The van der Waals surface area contributed by atoms with Gasteiger partial charge in [-0.15, -0.1) is 0 Å². The van der Waals surface area contributed by atoms with E-state index in [-0.39, 0.29) is 11.6 Å². The highest BCUT2D eigenvalue weighted by molar-refractivity contribution is 6.43. The Morgan fingerprint density at radius 1 is 1.18 bits per heavy atom. The van der Waals surface area contributed by atoms with Gasteiger partial charge in [-0.1, -0.05) is 56.5 Å². The van der Waals surface area contributed by atoms with Crippen LogP contribution in [-0.4, -0.2) is 29.0 Å². The molecule has 5 heteroatoms. The smallest absolute Gasteiger partial charge is 0.427 e. The summed E-state index contributed by atoms with van der Waals surface area (Å²) in [4.78, 5) is 12.0. The number of hydrogen-bond donors (Lipinski definition) is 3. The van der Waals surface area contributed by atoms with E-state index >= 15 is 0 Å². The first-order chi connectivity index (χ1) is 10.5. The van der Waals surface area contributed by atoms with Gasteiger partial charge in [0.15, 0.2) is 0 Å². The maximum atomic E-state index is 12.0. The van der Waals surface area contributed by atoms with Crippen molar-refractivity contribution >= 4 is 12.9 Å². The third-order valence-electron chi connectivity index (χ3n) is 4.06. The molecule has 0 bridgehead atoms. The molecule has 4 N–H and O–H groups in total. The number of carbonyl (C=O) groups excluding carboxylic acids is 1. The van der Waals surface area contributed by atoms with Crippen molar-refractivity contribution in [3.8, 4) is 0 Å². The monoisotopic (exact) mass is 305 g/mol. The Bertz CT molecular complexity index is 425. The molecule has 0 aliphatic heterocycles. The molecule has 0 aliphatic carbocycles. The van der Waals surface area contributed by atoms with E-state index in [0.717, 1.165) is 31.2 Å². The highest BCUT2D eigenvalue weighted by Crippen LogP contribution is 2.22.